The Morgan fingerprint density at radius 1 is 1.32 bits per heavy atom. The normalized spacial score (nSPS) is 17.2. The van der Waals surface area contributed by atoms with Crippen molar-refractivity contribution in [1.29, 1.82) is 0 Å². The third-order valence-corrected chi connectivity index (χ3v) is 4.30. The zero-order valence-electron chi connectivity index (χ0n) is 13.7. The zero-order valence-corrected chi connectivity index (χ0v) is 14.5. The third kappa shape index (κ3) is 3.77. The Kier molecular flexibility index (Phi) is 5.24. The van der Waals surface area contributed by atoms with Crippen LogP contribution in [0, 0.1) is 5.92 Å². The van der Waals surface area contributed by atoms with E-state index in [0.29, 0.717) is 16.3 Å². The molecule has 3 rings (SSSR count). The summed E-state index contributed by atoms with van der Waals surface area (Å²) in [5.74, 6) is -0.0916. The SMILES string of the molecule is CCOC(=O)NC(c1cccc(Cl)c1)C1COc2ccccc2C1=O. The van der Waals surface area contributed by atoms with Crippen LogP contribution in [0.1, 0.15) is 28.9 Å². The molecule has 0 saturated heterocycles. The number of halogens is 1. The van der Waals surface area contributed by atoms with E-state index in [1.165, 1.54) is 0 Å². The summed E-state index contributed by atoms with van der Waals surface area (Å²) in [7, 11) is 0. The van der Waals surface area contributed by atoms with E-state index >= 15 is 0 Å². The molecule has 25 heavy (non-hydrogen) atoms. The molecule has 1 N–H and O–H groups in total. The van der Waals surface area contributed by atoms with Gasteiger partial charge in [0.25, 0.3) is 0 Å². The van der Waals surface area contributed by atoms with Gasteiger partial charge in [0.2, 0.25) is 0 Å². The van der Waals surface area contributed by atoms with Gasteiger partial charge in [0.15, 0.2) is 5.78 Å². The average molecular weight is 360 g/mol. The fraction of sp³-hybridized carbons (Fsp3) is 0.263. The maximum Gasteiger partial charge on any atom is 0.407 e. The van der Waals surface area contributed by atoms with Gasteiger partial charge >= 0.3 is 6.09 Å². The maximum atomic E-state index is 13.0. The summed E-state index contributed by atoms with van der Waals surface area (Å²) in [5, 5.41) is 3.30. The third-order valence-electron chi connectivity index (χ3n) is 4.07. The number of ether oxygens (including phenoxy) is 2. The first kappa shape index (κ1) is 17.3. The average Bonchev–Trinajstić information content (AvgIpc) is 2.61. The number of carbonyl (C=O) groups excluding carboxylic acids is 2. The zero-order chi connectivity index (χ0) is 17.8. The first-order chi connectivity index (χ1) is 12.1. The van der Waals surface area contributed by atoms with Crippen molar-refractivity contribution in [3.63, 3.8) is 0 Å². The van der Waals surface area contributed by atoms with Gasteiger partial charge in [-0.3, -0.25) is 4.79 Å². The number of alkyl carbamates (subject to hydrolysis) is 1. The molecule has 130 valence electrons. The topological polar surface area (TPSA) is 64.6 Å². The van der Waals surface area contributed by atoms with Gasteiger partial charge in [0.1, 0.15) is 12.4 Å². The van der Waals surface area contributed by atoms with Crippen LogP contribution in [0.3, 0.4) is 0 Å². The van der Waals surface area contributed by atoms with Gasteiger partial charge in [-0.05, 0) is 36.8 Å². The minimum absolute atomic E-state index is 0.0800. The van der Waals surface area contributed by atoms with Crippen LogP contribution in [-0.2, 0) is 4.74 Å². The van der Waals surface area contributed by atoms with Gasteiger partial charge in [0, 0.05) is 5.02 Å². The predicted octanol–water partition coefficient (Wildman–Crippen LogP) is 4.02. The van der Waals surface area contributed by atoms with Gasteiger partial charge < -0.3 is 14.8 Å². The largest absolute Gasteiger partial charge is 0.492 e. The molecular weight excluding hydrogens is 342 g/mol. The second kappa shape index (κ2) is 7.57. The summed E-state index contributed by atoms with van der Waals surface area (Å²) in [6, 6.07) is 13.6. The van der Waals surface area contributed by atoms with Gasteiger partial charge in [-0.1, -0.05) is 35.9 Å². The summed E-state index contributed by atoms with van der Waals surface area (Å²) >= 11 is 6.08. The summed E-state index contributed by atoms with van der Waals surface area (Å²) in [5.41, 5.74) is 1.23. The lowest BCUT2D eigenvalue weighted by Crippen LogP contribution is -2.41. The molecule has 6 heteroatoms. The Labute approximate surface area is 150 Å². The second-order valence-corrected chi connectivity index (χ2v) is 6.11. The molecule has 0 aliphatic carbocycles. The number of carbonyl (C=O) groups is 2. The smallest absolute Gasteiger partial charge is 0.407 e. The Hall–Kier alpha value is -2.53. The number of hydrogen-bond acceptors (Lipinski definition) is 4. The van der Waals surface area contributed by atoms with Crippen LogP contribution in [0.5, 0.6) is 5.75 Å². The van der Waals surface area contributed by atoms with Crippen LogP contribution < -0.4 is 10.1 Å². The molecule has 2 atom stereocenters. The number of benzene rings is 2. The Bertz CT molecular complexity index is 792. The second-order valence-electron chi connectivity index (χ2n) is 5.68. The van der Waals surface area contributed by atoms with Crippen LogP contribution in [-0.4, -0.2) is 25.1 Å². The quantitative estimate of drug-likeness (QED) is 0.895. The number of Topliss-reactive ketones (excluding diaryl/α,β-unsaturated/α-hetero) is 1. The highest BCUT2D eigenvalue weighted by Gasteiger charge is 2.37. The van der Waals surface area contributed by atoms with Gasteiger partial charge in [-0.2, -0.15) is 0 Å². The van der Waals surface area contributed by atoms with Crippen molar-refractivity contribution in [3.05, 3.63) is 64.7 Å². The fourth-order valence-electron chi connectivity index (χ4n) is 2.91. The van der Waals surface area contributed by atoms with Crippen LogP contribution in [0.4, 0.5) is 4.79 Å². The molecule has 2 aromatic carbocycles. The van der Waals surface area contributed by atoms with Crippen LogP contribution in [0.2, 0.25) is 5.02 Å². The standard InChI is InChI=1S/C19H18ClNO4/c1-2-24-19(23)21-17(12-6-5-7-13(20)10-12)15-11-25-16-9-4-3-8-14(16)18(15)22/h3-10,15,17H,2,11H2,1H3,(H,21,23). The molecule has 0 saturated carbocycles. The predicted molar refractivity (Wildman–Crippen MR) is 94.1 cm³/mol. The van der Waals surface area contributed by atoms with E-state index in [4.69, 9.17) is 21.1 Å². The summed E-state index contributed by atoms with van der Waals surface area (Å²) in [6.07, 6.45) is -0.584. The summed E-state index contributed by atoms with van der Waals surface area (Å²) in [4.78, 5) is 24.9. The highest BCUT2D eigenvalue weighted by atomic mass is 35.5. The van der Waals surface area contributed by atoms with E-state index < -0.39 is 18.1 Å². The lowest BCUT2D eigenvalue weighted by atomic mass is 9.85. The van der Waals surface area contributed by atoms with Crippen molar-refractivity contribution in [2.45, 2.75) is 13.0 Å². The first-order valence-electron chi connectivity index (χ1n) is 8.05. The lowest BCUT2D eigenvalue weighted by Gasteiger charge is -2.31. The number of ketones is 1. The monoisotopic (exact) mass is 359 g/mol. The molecule has 1 amide bonds. The molecule has 0 radical (unpaired) electrons. The Morgan fingerprint density at radius 3 is 2.88 bits per heavy atom. The van der Waals surface area contributed by atoms with Crippen LogP contribution in [0.25, 0.3) is 0 Å². The Morgan fingerprint density at radius 2 is 2.12 bits per heavy atom. The van der Waals surface area contributed by atoms with Crippen molar-refractivity contribution in [2.24, 2.45) is 5.92 Å². The number of hydrogen-bond donors (Lipinski definition) is 1. The molecule has 0 bridgehead atoms. The lowest BCUT2D eigenvalue weighted by molar-refractivity contribution is 0.0770. The number of para-hydroxylation sites is 1. The van der Waals surface area contributed by atoms with Gasteiger partial charge in [-0.25, -0.2) is 4.79 Å². The molecule has 1 heterocycles. The van der Waals surface area contributed by atoms with E-state index in [2.05, 4.69) is 5.32 Å². The molecule has 1 aliphatic heterocycles. The number of rotatable bonds is 4. The van der Waals surface area contributed by atoms with Crippen LogP contribution >= 0.6 is 11.6 Å². The van der Waals surface area contributed by atoms with E-state index in [9.17, 15) is 9.59 Å². The van der Waals surface area contributed by atoms with E-state index in [0.717, 1.165) is 5.56 Å². The minimum atomic E-state index is -0.599. The van der Waals surface area contributed by atoms with Crippen molar-refractivity contribution >= 4 is 23.5 Å². The highest BCUT2D eigenvalue weighted by Crippen LogP contribution is 2.34. The molecular formula is C19H18ClNO4. The van der Waals surface area contributed by atoms with E-state index in [1.54, 1.807) is 43.3 Å². The molecule has 0 fully saturated rings. The molecule has 2 aromatic rings. The summed E-state index contributed by atoms with van der Waals surface area (Å²) in [6.45, 7) is 2.13. The maximum absolute atomic E-state index is 13.0. The number of fused-ring (bicyclic) bond motifs is 1. The minimum Gasteiger partial charge on any atom is -0.492 e. The van der Waals surface area contributed by atoms with Gasteiger partial charge in [-0.15, -0.1) is 0 Å². The van der Waals surface area contributed by atoms with Crippen LogP contribution in [0.15, 0.2) is 48.5 Å². The highest BCUT2D eigenvalue weighted by molar-refractivity contribution is 6.30. The first-order valence-corrected chi connectivity index (χ1v) is 8.42. The van der Waals surface area contributed by atoms with E-state index in [-0.39, 0.29) is 19.0 Å². The fourth-order valence-corrected chi connectivity index (χ4v) is 3.11. The number of nitrogens with one attached hydrogen (secondary N) is 1. The van der Waals surface area contributed by atoms with E-state index in [1.807, 2.05) is 12.1 Å². The van der Waals surface area contributed by atoms with Crippen molar-refractivity contribution < 1.29 is 19.1 Å². The number of amides is 1. The molecule has 0 aromatic heterocycles. The summed E-state index contributed by atoms with van der Waals surface area (Å²) < 4.78 is 10.7. The molecule has 5 nitrogen and oxygen atoms in total. The van der Waals surface area contributed by atoms with Crippen molar-refractivity contribution in [2.75, 3.05) is 13.2 Å². The molecule has 2 unspecified atom stereocenters. The van der Waals surface area contributed by atoms with Crippen molar-refractivity contribution in [3.8, 4) is 5.75 Å². The molecule has 0 spiro atoms. The Balaban J connectivity index is 1.94. The van der Waals surface area contributed by atoms with Crippen molar-refractivity contribution in [1.82, 2.24) is 5.32 Å². The van der Waals surface area contributed by atoms with Gasteiger partial charge in [0.05, 0.1) is 24.1 Å². The molecule has 1 aliphatic rings.